The van der Waals surface area contributed by atoms with E-state index in [2.05, 4.69) is 20.6 Å². The number of nitrogens with zero attached hydrogens (tertiary/aromatic N) is 2. The van der Waals surface area contributed by atoms with Crippen LogP contribution in [0, 0.1) is 0 Å². The van der Waals surface area contributed by atoms with Crippen LogP contribution in [0.4, 0.5) is 5.82 Å². The van der Waals surface area contributed by atoms with Gasteiger partial charge in [-0.25, -0.2) is 9.98 Å². The highest BCUT2D eigenvalue weighted by Crippen LogP contribution is 2.16. The van der Waals surface area contributed by atoms with Gasteiger partial charge in [-0.2, -0.15) is 0 Å². The first kappa shape index (κ1) is 12.4. The van der Waals surface area contributed by atoms with Crippen LogP contribution in [0.15, 0.2) is 46.1 Å². The first-order valence-electron chi connectivity index (χ1n) is 5.43. The lowest BCUT2D eigenvalue weighted by atomic mass is 10.2. The van der Waals surface area contributed by atoms with Crippen LogP contribution in [0.25, 0.3) is 0 Å². The molecule has 0 atom stereocenters. The van der Waals surface area contributed by atoms with Crippen LogP contribution in [0.1, 0.15) is 11.3 Å². The van der Waals surface area contributed by atoms with E-state index < -0.39 is 0 Å². The Morgan fingerprint density at radius 3 is 3.11 bits per heavy atom. The SMILES string of the molecule is Cl.c1coc(CNC2=NCc3cccnc3N2)c1. The van der Waals surface area contributed by atoms with E-state index in [0.29, 0.717) is 13.1 Å². The number of fused-ring (bicyclic) bond motifs is 1. The first-order valence-corrected chi connectivity index (χ1v) is 5.43. The maximum absolute atomic E-state index is 5.23. The average Bonchev–Trinajstić information content (AvgIpc) is 2.89. The van der Waals surface area contributed by atoms with Gasteiger partial charge in [0.25, 0.3) is 0 Å². The third-order valence-electron chi connectivity index (χ3n) is 2.55. The minimum absolute atomic E-state index is 0. The van der Waals surface area contributed by atoms with Crippen molar-refractivity contribution in [3.63, 3.8) is 0 Å². The minimum Gasteiger partial charge on any atom is -0.467 e. The smallest absolute Gasteiger partial charge is 0.197 e. The quantitative estimate of drug-likeness (QED) is 0.873. The van der Waals surface area contributed by atoms with Gasteiger partial charge in [-0.15, -0.1) is 12.4 Å². The normalized spacial score (nSPS) is 12.8. The first-order chi connectivity index (χ1) is 8.42. The van der Waals surface area contributed by atoms with E-state index >= 15 is 0 Å². The molecule has 0 spiro atoms. The highest BCUT2D eigenvalue weighted by Gasteiger charge is 2.11. The Labute approximate surface area is 111 Å². The number of hydrogen-bond donors (Lipinski definition) is 2. The van der Waals surface area contributed by atoms with Crippen LogP contribution in [0.2, 0.25) is 0 Å². The van der Waals surface area contributed by atoms with Crippen LogP contribution < -0.4 is 10.6 Å². The third-order valence-corrected chi connectivity index (χ3v) is 2.55. The molecule has 0 aliphatic carbocycles. The zero-order valence-corrected chi connectivity index (χ0v) is 10.4. The van der Waals surface area contributed by atoms with Crippen molar-refractivity contribution >= 4 is 24.2 Å². The molecule has 1 aliphatic rings. The van der Waals surface area contributed by atoms with E-state index in [1.54, 1.807) is 12.5 Å². The van der Waals surface area contributed by atoms with E-state index in [-0.39, 0.29) is 12.4 Å². The summed E-state index contributed by atoms with van der Waals surface area (Å²) in [5.41, 5.74) is 1.11. The molecule has 94 valence electrons. The molecule has 3 rings (SSSR count). The summed E-state index contributed by atoms with van der Waals surface area (Å²) in [4.78, 5) is 8.64. The predicted octanol–water partition coefficient (Wildman–Crippen LogP) is 2.17. The number of aliphatic imine (C=N–C) groups is 1. The molecule has 0 saturated carbocycles. The number of furan rings is 1. The summed E-state index contributed by atoms with van der Waals surface area (Å²) in [5, 5.41) is 6.32. The summed E-state index contributed by atoms with van der Waals surface area (Å²) in [6, 6.07) is 7.71. The van der Waals surface area contributed by atoms with Gasteiger partial charge in [0.1, 0.15) is 11.6 Å². The molecule has 18 heavy (non-hydrogen) atoms. The van der Waals surface area contributed by atoms with Crippen molar-refractivity contribution in [1.82, 2.24) is 10.3 Å². The summed E-state index contributed by atoms with van der Waals surface area (Å²) in [6.07, 6.45) is 3.42. The molecule has 2 aromatic heterocycles. The molecule has 2 N–H and O–H groups in total. The molecular formula is C12H13ClN4O. The highest BCUT2D eigenvalue weighted by atomic mass is 35.5. The lowest BCUT2D eigenvalue weighted by Gasteiger charge is -2.17. The lowest BCUT2D eigenvalue weighted by Crippen LogP contribution is -2.33. The van der Waals surface area contributed by atoms with Crippen molar-refractivity contribution in [2.75, 3.05) is 5.32 Å². The maximum atomic E-state index is 5.23. The van der Waals surface area contributed by atoms with Crippen LogP contribution in [0.5, 0.6) is 0 Å². The van der Waals surface area contributed by atoms with Crippen LogP contribution in [-0.4, -0.2) is 10.9 Å². The summed E-state index contributed by atoms with van der Waals surface area (Å²) in [5.74, 6) is 2.47. The maximum Gasteiger partial charge on any atom is 0.197 e. The summed E-state index contributed by atoms with van der Waals surface area (Å²) in [6.45, 7) is 1.26. The van der Waals surface area contributed by atoms with Crippen LogP contribution in [-0.2, 0) is 13.1 Å². The fourth-order valence-electron chi connectivity index (χ4n) is 1.68. The summed E-state index contributed by atoms with van der Waals surface area (Å²) in [7, 11) is 0. The van der Waals surface area contributed by atoms with Gasteiger partial charge in [-0.05, 0) is 18.2 Å². The molecule has 0 amide bonds. The van der Waals surface area contributed by atoms with Gasteiger partial charge < -0.3 is 15.1 Å². The molecule has 0 saturated heterocycles. The fourth-order valence-corrected chi connectivity index (χ4v) is 1.68. The zero-order chi connectivity index (χ0) is 11.5. The molecule has 0 fully saturated rings. The third kappa shape index (κ3) is 2.62. The Morgan fingerprint density at radius 2 is 2.28 bits per heavy atom. The highest BCUT2D eigenvalue weighted by molar-refractivity contribution is 5.94. The Bertz CT molecular complexity index is 539. The number of pyridine rings is 1. The molecule has 6 heteroatoms. The van der Waals surface area contributed by atoms with E-state index in [4.69, 9.17) is 4.42 Å². The van der Waals surface area contributed by atoms with E-state index in [9.17, 15) is 0 Å². The second-order valence-corrected chi connectivity index (χ2v) is 3.73. The Balaban J connectivity index is 0.00000120. The molecule has 2 aromatic rings. The fraction of sp³-hybridized carbons (Fsp3) is 0.167. The minimum atomic E-state index is 0. The predicted molar refractivity (Wildman–Crippen MR) is 71.8 cm³/mol. The molecule has 0 aromatic carbocycles. The van der Waals surface area contributed by atoms with Gasteiger partial charge in [0, 0.05) is 11.8 Å². The molecule has 0 radical (unpaired) electrons. The number of hydrogen-bond acceptors (Lipinski definition) is 5. The summed E-state index contributed by atoms with van der Waals surface area (Å²) < 4.78 is 5.23. The number of nitrogens with one attached hydrogen (secondary N) is 2. The number of anilines is 1. The zero-order valence-electron chi connectivity index (χ0n) is 9.59. The van der Waals surface area contributed by atoms with Gasteiger partial charge in [-0.3, -0.25) is 0 Å². The lowest BCUT2D eigenvalue weighted by molar-refractivity contribution is 0.503. The van der Waals surface area contributed by atoms with Gasteiger partial charge in [-0.1, -0.05) is 6.07 Å². The Hall–Kier alpha value is -2.01. The number of aromatic nitrogens is 1. The van der Waals surface area contributed by atoms with Crippen molar-refractivity contribution in [3.05, 3.63) is 48.0 Å². The van der Waals surface area contributed by atoms with Crippen LogP contribution in [0.3, 0.4) is 0 Å². The number of halogens is 1. The van der Waals surface area contributed by atoms with Crippen molar-refractivity contribution in [1.29, 1.82) is 0 Å². The monoisotopic (exact) mass is 264 g/mol. The Morgan fingerprint density at radius 1 is 1.33 bits per heavy atom. The Kier molecular flexibility index (Phi) is 3.84. The second-order valence-electron chi connectivity index (χ2n) is 3.73. The van der Waals surface area contributed by atoms with Gasteiger partial charge in [0.2, 0.25) is 0 Å². The number of guanidine groups is 1. The van der Waals surface area contributed by atoms with E-state index in [0.717, 1.165) is 23.1 Å². The molecule has 0 unspecified atom stereocenters. The van der Waals surface area contributed by atoms with E-state index in [1.165, 1.54) is 0 Å². The van der Waals surface area contributed by atoms with Crippen LogP contribution >= 0.6 is 12.4 Å². The molecule has 0 bridgehead atoms. The van der Waals surface area contributed by atoms with Crippen molar-refractivity contribution < 1.29 is 4.42 Å². The molecule has 3 heterocycles. The molecular weight excluding hydrogens is 252 g/mol. The van der Waals surface area contributed by atoms with Gasteiger partial charge in [0.15, 0.2) is 5.96 Å². The van der Waals surface area contributed by atoms with Crippen molar-refractivity contribution in [2.24, 2.45) is 4.99 Å². The van der Waals surface area contributed by atoms with Gasteiger partial charge >= 0.3 is 0 Å². The number of rotatable bonds is 2. The second kappa shape index (κ2) is 5.55. The van der Waals surface area contributed by atoms with E-state index in [1.807, 2.05) is 24.3 Å². The largest absolute Gasteiger partial charge is 0.467 e. The topological polar surface area (TPSA) is 62.5 Å². The van der Waals surface area contributed by atoms with Gasteiger partial charge in [0.05, 0.1) is 19.4 Å². The van der Waals surface area contributed by atoms with Crippen molar-refractivity contribution in [3.8, 4) is 0 Å². The molecule has 5 nitrogen and oxygen atoms in total. The molecule has 1 aliphatic heterocycles. The van der Waals surface area contributed by atoms with Crippen molar-refractivity contribution in [2.45, 2.75) is 13.1 Å². The standard InChI is InChI=1S/C12H12N4O.ClH/c1-3-9-7-14-12(16-11(9)13-5-1)15-8-10-4-2-6-17-10;/h1-6H,7-8H2,(H2,13,14,15,16);1H. The average molecular weight is 265 g/mol. The summed E-state index contributed by atoms with van der Waals surface area (Å²) >= 11 is 0.